The average molecular weight is 454 g/mol. The highest BCUT2D eigenvalue weighted by molar-refractivity contribution is 7.80. The van der Waals surface area contributed by atoms with E-state index >= 15 is 0 Å². The van der Waals surface area contributed by atoms with Gasteiger partial charge in [0.2, 0.25) is 0 Å². The summed E-state index contributed by atoms with van der Waals surface area (Å²) in [5, 5.41) is 6.72. The molecule has 0 bridgehead atoms. The molecule has 33 heavy (non-hydrogen) atoms. The largest absolute Gasteiger partial charge is 0.383 e. The van der Waals surface area contributed by atoms with Crippen LogP contribution in [0.25, 0.3) is 0 Å². The molecule has 0 aliphatic heterocycles. The number of ether oxygens (including phenoxy) is 1. The normalized spacial score (nSPS) is 11.8. The Morgan fingerprint density at radius 3 is 1.85 bits per heavy atom. The van der Waals surface area contributed by atoms with E-state index in [9.17, 15) is 4.79 Å². The Kier molecular flexibility index (Phi) is 8.03. The molecule has 4 heteroatoms. The second kappa shape index (κ2) is 11.6. The molecule has 0 radical (unpaired) electrons. The molecule has 4 aromatic rings. The second-order valence-electron chi connectivity index (χ2n) is 7.84. The predicted octanol–water partition coefficient (Wildman–Crippen LogP) is 4.43. The van der Waals surface area contributed by atoms with Crippen molar-refractivity contribution in [1.82, 2.24) is 5.32 Å². The fourth-order valence-corrected chi connectivity index (χ4v) is 6.40. The van der Waals surface area contributed by atoms with E-state index in [2.05, 4.69) is 72.0 Å². The van der Waals surface area contributed by atoms with Gasteiger partial charge in [0.25, 0.3) is 5.91 Å². The van der Waals surface area contributed by atoms with E-state index in [0.29, 0.717) is 18.6 Å². The van der Waals surface area contributed by atoms with Gasteiger partial charge in [0.05, 0.1) is 12.6 Å². The number of amides is 1. The summed E-state index contributed by atoms with van der Waals surface area (Å²) in [5.41, 5.74) is 1.88. The number of rotatable bonds is 9. The number of hydrogen-bond acceptors (Lipinski definition) is 2. The lowest BCUT2D eigenvalue weighted by atomic mass is 10.1. The minimum atomic E-state index is -0.872. The van der Waals surface area contributed by atoms with E-state index in [1.165, 1.54) is 16.2 Å². The molecule has 0 aromatic heterocycles. The third kappa shape index (κ3) is 5.96. The van der Waals surface area contributed by atoms with Gasteiger partial charge in [-0.2, -0.15) is 0 Å². The highest BCUT2D eigenvalue weighted by Gasteiger charge is 2.23. The SMILES string of the molecule is COC[C@H](Cc1ccccc1)NC(=O)c1ccccc1P(c1ccccc1)c1ccccc1. The van der Waals surface area contributed by atoms with Gasteiger partial charge in [-0.05, 0) is 41.9 Å². The Hall–Kier alpha value is -3.26. The van der Waals surface area contributed by atoms with Crippen LogP contribution in [0.5, 0.6) is 0 Å². The molecule has 4 aromatic carbocycles. The number of nitrogens with one attached hydrogen (secondary N) is 1. The summed E-state index contributed by atoms with van der Waals surface area (Å²) in [7, 11) is 0.797. The van der Waals surface area contributed by atoms with Crippen molar-refractivity contribution in [3.8, 4) is 0 Å². The highest BCUT2D eigenvalue weighted by atomic mass is 31.1. The quantitative estimate of drug-likeness (QED) is 0.381. The maximum atomic E-state index is 13.6. The van der Waals surface area contributed by atoms with Crippen LogP contribution in [0, 0.1) is 0 Å². The molecule has 1 amide bonds. The molecule has 1 atom stereocenters. The lowest BCUT2D eigenvalue weighted by Crippen LogP contribution is -2.41. The molecule has 0 unspecified atom stereocenters. The first-order chi connectivity index (χ1) is 16.3. The van der Waals surface area contributed by atoms with Gasteiger partial charge in [0.1, 0.15) is 0 Å². The highest BCUT2D eigenvalue weighted by Crippen LogP contribution is 2.34. The molecule has 0 saturated carbocycles. The number of carbonyl (C=O) groups is 1. The fourth-order valence-electron chi connectivity index (χ4n) is 3.96. The standard InChI is InChI=1S/C29H28NO2P/c1-32-22-24(21-23-13-5-2-6-14-23)30-29(31)27-19-11-12-20-28(27)33(25-15-7-3-8-16-25)26-17-9-4-10-18-26/h2-20,24H,21-22H2,1H3,(H,30,31)/t24-/m0/s1. The molecule has 166 valence electrons. The molecule has 0 aliphatic carbocycles. The zero-order valence-corrected chi connectivity index (χ0v) is 19.6. The van der Waals surface area contributed by atoms with E-state index in [0.717, 1.165) is 5.30 Å². The zero-order valence-electron chi connectivity index (χ0n) is 18.7. The number of hydrogen-bond donors (Lipinski definition) is 1. The maximum absolute atomic E-state index is 13.6. The van der Waals surface area contributed by atoms with Crippen molar-refractivity contribution in [3.05, 3.63) is 126 Å². The van der Waals surface area contributed by atoms with Crippen LogP contribution in [0.15, 0.2) is 115 Å². The van der Waals surface area contributed by atoms with Crippen molar-refractivity contribution in [2.45, 2.75) is 12.5 Å². The predicted molar refractivity (Wildman–Crippen MR) is 138 cm³/mol. The van der Waals surface area contributed by atoms with Crippen molar-refractivity contribution in [2.75, 3.05) is 13.7 Å². The summed E-state index contributed by atoms with van der Waals surface area (Å²) in [6, 6.07) is 38.9. The first-order valence-corrected chi connectivity index (χ1v) is 12.4. The van der Waals surface area contributed by atoms with E-state index in [1.54, 1.807) is 7.11 Å². The number of benzene rings is 4. The van der Waals surface area contributed by atoms with Crippen molar-refractivity contribution >= 4 is 29.7 Å². The second-order valence-corrected chi connectivity index (χ2v) is 10.0. The third-order valence-electron chi connectivity index (χ3n) is 5.45. The minimum Gasteiger partial charge on any atom is -0.383 e. The van der Waals surface area contributed by atoms with Gasteiger partial charge in [-0.15, -0.1) is 0 Å². The summed E-state index contributed by atoms with van der Waals surface area (Å²) >= 11 is 0. The molecule has 0 saturated heterocycles. The third-order valence-corrected chi connectivity index (χ3v) is 7.95. The van der Waals surface area contributed by atoms with E-state index < -0.39 is 7.92 Å². The lowest BCUT2D eigenvalue weighted by Gasteiger charge is -2.23. The van der Waals surface area contributed by atoms with Gasteiger partial charge in [-0.1, -0.05) is 109 Å². The van der Waals surface area contributed by atoms with Crippen LogP contribution in [0.2, 0.25) is 0 Å². The van der Waals surface area contributed by atoms with Gasteiger partial charge in [-0.3, -0.25) is 4.79 Å². The van der Waals surface area contributed by atoms with Gasteiger partial charge in [0.15, 0.2) is 0 Å². The Morgan fingerprint density at radius 2 is 1.27 bits per heavy atom. The molecular formula is C29H28NO2P. The minimum absolute atomic E-state index is 0.0667. The van der Waals surface area contributed by atoms with Gasteiger partial charge < -0.3 is 10.1 Å². The smallest absolute Gasteiger partial charge is 0.252 e. The molecule has 0 spiro atoms. The molecular weight excluding hydrogens is 425 g/mol. The van der Waals surface area contributed by atoms with Crippen molar-refractivity contribution in [1.29, 1.82) is 0 Å². The summed E-state index contributed by atoms with van der Waals surface area (Å²) < 4.78 is 5.42. The van der Waals surface area contributed by atoms with Crippen LogP contribution in [0.1, 0.15) is 15.9 Å². The van der Waals surface area contributed by atoms with Crippen molar-refractivity contribution in [3.63, 3.8) is 0 Å². The topological polar surface area (TPSA) is 38.3 Å². The lowest BCUT2D eigenvalue weighted by molar-refractivity contribution is 0.0898. The molecule has 0 fully saturated rings. The Labute approximate surface area is 197 Å². The van der Waals surface area contributed by atoms with Crippen LogP contribution in [0.3, 0.4) is 0 Å². The van der Waals surface area contributed by atoms with Gasteiger partial charge in [0, 0.05) is 12.7 Å². The summed E-state index contributed by atoms with van der Waals surface area (Å²) in [6.45, 7) is 0.453. The van der Waals surface area contributed by atoms with Crippen LogP contribution in [0.4, 0.5) is 0 Å². The van der Waals surface area contributed by atoms with Gasteiger partial charge in [-0.25, -0.2) is 0 Å². The zero-order chi connectivity index (χ0) is 22.9. The molecule has 3 nitrogen and oxygen atoms in total. The summed E-state index contributed by atoms with van der Waals surface area (Å²) in [5.74, 6) is -0.0667. The molecule has 0 heterocycles. The summed E-state index contributed by atoms with van der Waals surface area (Å²) in [6.07, 6.45) is 0.717. The van der Waals surface area contributed by atoms with Gasteiger partial charge >= 0.3 is 0 Å². The van der Waals surface area contributed by atoms with Crippen molar-refractivity contribution in [2.24, 2.45) is 0 Å². The Balaban J connectivity index is 1.67. The number of carbonyl (C=O) groups excluding carboxylic acids is 1. The molecule has 0 aliphatic rings. The maximum Gasteiger partial charge on any atom is 0.252 e. The van der Waals surface area contributed by atoms with Crippen LogP contribution in [-0.4, -0.2) is 25.7 Å². The molecule has 4 rings (SSSR count). The van der Waals surface area contributed by atoms with E-state index in [4.69, 9.17) is 4.74 Å². The van der Waals surface area contributed by atoms with Crippen LogP contribution in [-0.2, 0) is 11.2 Å². The monoisotopic (exact) mass is 453 g/mol. The van der Waals surface area contributed by atoms with Crippen LogP contribution >= 0.6 is 7.92 Å². The fraction of sp³-hybridized carbons (Fsp3) is 0.138. The Morgan fingerprint density at radius 1 is 0.758 bits per heavy atom. The average Bonchev–Trinajstić information content (AvgIpc) is 2.87. The first kappa shape index (κ1) is 22.9. The first-order valence-electron chi connectivity index (χ1n) is 11.1. The summed E-state index contributed by atoms with van der Waals surface area (Å²) in [4.78, 5) is 13.6. The Bertz CT molecular complexity index is 1110. The van der Waals surface area contributed by atoms with Crippen LogP contribution < -0.4 is 21.2 Å². The van der Waals surface area contributed by atoms with E-state index in [-0.39, 0.29) is 11.9 Å². The molecule has 1 N–H and O–H groups in total. The van der Waals surface area contributed by atoms with Crippen molar-refractivity contribution < 1.29 is 9.53 Å². The number of methoxy groups -OCH3 is 1. The van der Waals surface area contributed by atoms with E-state index in [1.807, 2.05) is 48.5 Å².